The van der Waals surface area contributed by atoms with Crippen LogP contribution >= 0.6 is 0 Å². The molecule has 2 amide bonds. The van der Waals surface area contributed by atoms with Crippen molar-refractivity contribution in [2.24, 2.45) is 0 Å². The number of nitrogens with zero attached hydrogens (tertiary/aromatic N) is 4. The normalized spacial score (nSPS) is 16.3. The topological polar surface area (TPSA) is 137 Å². The lowest BCUT2D eigenvalue weighted by Gasteiger charge is -2.38. The van der Waals surface area contributed by atoms with Crippen molar-refractivity contribution in [3.63, 3.8) is 0 Å². The molecule has 0 aliphatic carbocycles. The second-order valence-corrected chi connectivity index (χ2v) is 26.5. The minimum atomic E-state index is -1.43. The molecule has 2 atom stereocenters. The molecule has 4 heterocycles. The van der Waals surface area contributed by atoms with Crippen LogP contribution in [0.1, 0.15) is 161 Å². The molecule has 0 N–H and O–H groups in total. The molecule has 0 saturated heterocycles. The third-order valence-electron chi connectivity index (χ3n) is 20.6. The first kappa shape index (κ1) is 66.1. The van der Waals surface area contributed by atoms with E-state index in [-0.39, 0.29) is 13.2 Å². The van der Waals surface area contributed by atoms with Crippen LogP contribution in [0.3, 0.4) is 0 Å². The van der Waals surface area contributed by atoms with Gasteiger partial charge in [0.05, 0.1) is 47.1 Å². The number of amides is 2. The zero-order chi connectivity index (χ0) is 69.8. The Bertz CT molecular complexity index is 4570. The Morgan fingerprint density at radius 2 is 0.770 bits per heavy atom. The van der Waals surface area contributed by atoms with Crippen molar-refractivity contribution < 1.29 is 47.6 Å². The summed E-state index contributed by atoms with van der Waals surface area (Å²) in [6, 6.07) is 67.3. The number of para-hydroxylation sites is 2. The quantitative estimate of drug-likeness (QED) is 0.0433. The van der Waals surface area contributed by atoms with Crippen LogP contribution in [0.5, 0.6) is 23.0 Å². The van der Waals surface area contributed by atoms with Gasteiger partial charge < -0.3 is 38.2 Å². The highest BCUT2D eigenvalue weighted by Gasteiger charge is 2.56. The molecule has 2 spiro atoms. The largest absolute Gasteiger partial charge is 0.456 e. The number of benzene rings is 10. The number of ether oxygens (including phenoxy) is 6. The van der Waals surface area contributed by atoms with Crippen molar-refractivity contribution in [1.82, 2.24) is 0 Å². The zero-order valence-electron chi connectivity index (χ0n) is 58.4. The zero-order valence-corrected chi connectivity index (χ0v) is 58.4. The van der Waals surface area contributed by atoms with Gasteiger partial charge in [0.1, 0.15) is 23.0 Å². The van der Waals surface area contributed by atoms with Gasteiger partial charge in [0.15, 0.2) is 11.2 Å². The molecule has 0 aromatic heterocycles. The van der Waals surface area contributed by atoms with Crippen LogP contribution in [0.25, 0.3) is 0 Å². The number of unbranched alkanes of at least 4 members (excludes halogenated alkanes) is 2. The molecule has 14 heteroatoms. The fourth-order valence-corrected chi connectivity index (χ4v) is 15.1. The van der Waals surface area contributed by atoms with Crippen LogP contribution in [0, 0.1) is 27.7 Å². The average Bonchev–Trinajstić information content (AvgIpc) is 1.50. The number of carbonyl (C=O) groups is 4. The smallest absolute Gasteiger partial charge is 0.418 e. The molecule has 0 radical (unpaired) electrons. The van der Waals surface area contributed by atoms with Crippen molar-refractivity contribution in [3.8, 4) is 23.0 Å². The predicted molar refractivity (Wildman–Crippen MR) is 393 cm³/mol. The van der Waals surface area contributed by atoms with Gasteiger partial charge in [-0.05, 0) is 191 Å². The Hall–Kier alpha value is -11.1. The molecule has 14 nitrogen and oxygen atoms in total. The van der Waals surface area contributed by atoms with Gasteiger partial charge in [-0.1, -0.05) is 138 Å². The molecule has 2 unspecified atom stereocenters. The molecule has 4 aliphatic heterocycles. The van der Waals surface area contributed by atoms with Crippen LogP contribution in [0.4, 0.5) is 55.1 Å². The summed E-state index contributed by atoms with van der Waals surface area (Å²) in [5.41, 5.74) is 13.1. The first-order chi connectivity index (χ1) is 48.5. The molecule has 506 valence electrons. The monoisotopic (exact) mass is 1330 g/mol. The highest BCUT2D eigenvalue weighted by molar-refractivity contribution is 6.01. The van der Waals surface area contributed by atoms with Crippen molar-refractivity contribution in [1.29, 1.82) is 0 Å². The summed E-state index contributed by atoms with van der Waals surface area (Å²) in [6.07, 6.45) is 2.57. The van der Waals surface area contributed by atoms with E-state index >= 15 is 0 Å². The van der Waals surface area contributed by atoms with Gasteiger partial charge in [0.2, 0.25) is 0 Å². The minimum Gasteiger partial charge on any atom is -0.456 e. The molecule has 0 fully saturated rings. The SMILES string of the molecule is CCCCOC(=O)N(c1ccc(C(C)(CC)c2ccc(N(C(=O)OCCCC)c3cc4c(cc3C)Oc3cc(N(CC)c5ccccc5C)ccc3C43OC(=O)c4ccccc43)cc2)cc1)c1cc2c(cc1C)Oc1cc(N(CC)c3ccccc3C)ccc1C21OC(=O)c2ccccc21. The highest BCUT2D eigenvalue weighted by atomic mass is 16.6. The van der Waals surface area contributed by atoms with E-state index in [4.69, 9.17) is 28.4 Å². The number of hydrogen-bond acceptors (Lipinski definition) is 12. The Morgan fingerprint density at radius 3 is 1.15 bits per heavy atom. The van der Waals surface area contributed by atoms with E-state index in [9.17, 15) is 19.2 Å². The molecule has 4 aliphatic rings. The number of aryl methyl sites for hydroxylation is 4. The van der Waals surface area contributed by atoms with E-state index in [1.165, 1.54) is 0 Å². The van der Waals surface area contributed by atoms with Crippen molar-refractivity contribution >= 4 is 69.6 Å². The number of fused-ring (bicyclic) bond motifs is 12. The van der Waals surface area contributed by atoms with Crippen LogP contribution in [-0.4, -0.2) is 50.4 Å². The summed E-state index contributed by atoms with van der Waals surface area (Å²) < 4.78 is 39.6. The predicted octanol–water partition coefficient (Wildman–Crippen LogP) is 21.2. The number of esters is 2. The minimum absolute atomic E-state index is 0.213. The lowest BCUT2D eigenvalue weighted by atomic mass is 9.74. The summed E-state index contributed by atoms with van der Waals surface area (Å²) in [7, 11) is 0. The molecular formula is C86H82N4O10. The van der Waals surface area contributed by atoms with Crippen LogP contribution in [-0.2, 0) is 35.6 Å². The highest BCUT2D eigenvalue weighted by Crippen LogP contribution is 2.60. The molecule has 10 aromatic rings. The van der Waals surface area contributed by atoms with Gasteiger partial charge in [-0.15, -0.1) is 0 Å². The molecule has 0 bridgehead atoms. The molecule has 100 heavy (non-hydrogen) atoms. The molecule has 0 saturated carbocycles. The lowest BCUT2D eigenvalue weighted by Crippen LogP contribution is -2.34. The summed E-state index contributed by atoms with van der Waals surface area (Å²) >= 11 is 0. The van der Waals surface area contributed by atoms with Crippen LogP contribution in [0.2, 0.25) is 0 Å². The van der Waals surface area contributed by atoms with Crippen molar-refractivity contribution in [2.75, 3.05) is 45.9 Å². The van der Waals surface area contributed by atoms with Crippen molar-refractivity contribution in [2.45, 2.75) is 118 Å². The van der Waals surface area contributed by atoms with Gasteiger partial charge in [-0.2, -0.15) is 0 Å². The van der Waals surface area contributed by atoms with Gasteiger partial charge in [-0.3, -0.25) is 0 Å². The maximum Gasteiger partial charge on any atom is 0.418 e. The fourth-order valence-electron chi connectivity index (χ4n) is 15.1. The Kier molecular flexibility index (Phi) is 17.6. The maximum atomic E-state index is 14.9. The number of hydrogen-bond donors (Lipinski definition) is 0. The Labute approximate surface area is 585 Å². The lowest BCUT2D eigenvalue weighted by molar-refractivity contribution is 0.0214. The standard InChI is InChI=1S/C86H82N4O10/c1-11-16-46-95-82(93)89(74-52-70-76(48-56(74)8)97-78-50-62(87(14-4)72-32-24-18-26-54(72)6)42-44-68(78)85(70)66-30-22-20-28-64(66)80(91)99-85)60-38-34-58(35-39-60)84(10,13-3)59-36-40-61(41-37-59)90(83(94)96-47-17-12-2)75-53-71-77(49-57(75)9)98-79-51-63(88(15-5)73-33-25-19-27-55(73)7)43-45-69(79)86(71)67-31-23-21-29-65(67)81(92)100-86/h18-45,48-53H,11-17,46-47H2,1-10H3. The fraction of sp³-hybridized carbons (Fsp3) is 0.256. The molecular weight excluding hydrogens is 1250 g/mol. The number of rotatable bonds is 19. The Morgan fingerprint density at radius 1 is 0.400 bits per heavy atom. The van der Waals surface area contributed by atoms with Crippen LogP contribution < -0.4 is 29.1 Å². The first-order valence-electron chi connectivity index (χ1n) is 34.9. The summed E-state index contributed by atoms with van der Waals surface area (Å²) in [4.78, 5) is 66.0. The maximum absolute atomic E-state index is 14.9. The second-order valence-electron chi connectivity index (χ2n) is 26.5. The Balaban J connectivity index is 0.818. The average molecular weight is 1330 g/mol. The van der Waals surface area contributed by atoms with E-state index in [1.807, 2.05) is 159 Å². The third kappa shape index (κ3) is 11.0. The third-order valence-corrected chi connectivity index (χ3v) is 20.6. The van der Waals surface area contributed by atoms with E-state index in [2.05, 4.69) is 114 Å². The van der Waals surface area contributed by atoms with E-state index in [0.717, 1.165) is 69.0 Å². The van der Waals surface area contributed by atoms with Crippen LogP contribution in [0.15, 0.2) is 206 Å². The summed E-state index contributed by atoms with van der Waals surface area (Å²) in [6.45, 7) is 22.6. The van der Waals surface area contributed by atoms with Gasteiger partial charge in [0.25, 0.3) is 0 Å². The van der Waals surface area contributed by atoms with Gasteiger partial charge in [-0.25, -0.2) is 29.0 Å². The first-order valence-corrected chi connectivity index (χ1v) is 34.9. The number of anilines is 8. The van der Waals surface area contributed by atoms with Crippen molar-refractivity contribution in [3.05, 3.63) is 284 Å². The van der Waals surface area contributed by atoms with Gasteiger partial charge >= 0.3 is 24.1 Å². The summed E-state index contributed by atoms with van der Waals surface area (Å²) in [5.74, 6) is 1.16. The van der Waals surface area contributed by atoms with E-state index < -0.39 is 40.7 Å². The summed E-state index contributed by atoms with van der Waals surface area (Å²) in [5, 5.41) is 0. The van der Waals surface area contributed by atoms with E-state index in [1.54, 1.807) is 21.9 Å². The van der Waals surface area contributed by atoms with Gasteiger partial charge in [0, 0.05) is 86.8 Å². The number of carbonyl (C=O) groups excluding carboxylic acids is 4. The molecule has 14 rings (SSSR count). The van der Waals surface area contributed by atoms with E-state index in [0.29, 0.717) is 123 Å². The molecule has 10 aromatic carbocycles. The second kappa shape index (κ2) is 26.6.